The van der Waals surface area contributed by atoms with E-state index in [4.69, 9.17) is 28.4 Å². The van der Waals surface area contributed by atoms with Crippen LogP contribution in [0.4, 0.5) is 9.59 Å². The molecule has 480 valence electrons. The van der Waals surface area contributed by atoms with Gasteiger partial charge in [0.2, 0.25) is 6.10 Å². The number of phenols is 2. The number of aromatic nitrogens is 3. The minimum atomic E-state index is -2.47. The number of nitrogens with zero attached hydrogens (tertiary/aromatic N) is 5. The molecule has 4 aromatic carbocycles. The van der Waals surface area contributed by atoms with Crippen LogP contribution in [0.2, 0.25) is 0 Å². The van der Waals surface area contributed by atoms with Gasteiger partial charge in [0, 0.05) is 64.0 Å². The highest BCUT2D eigenvalue weighted by molar-refractivity contribution is 5.94. The summed E-state index contributed by atoms with van der Waals surface area (Å²) in [5.41, 5.74) is -6.69. The summed E-state index contributed by atoms with van der Waals surface area (Å²) < 4.78 is 38.2. The molecule has 2 aliphatic heterocycles. The van der Waals surface area contributed by atoms with Crippen molar-refractivity contribution in [1.29, 1.82) is 0 Å². The van der Waals surface area contributed by atoms with Crippen LogP contribution < -0.4 is 5.32 Å². The smallest absolute Gasteiger partial charge is 0.410 e. The molecule has 3 aliphatic carbocycles. The van der Waals surface area contributed by atoms with Crippen molar-refractivity contribution in [1.82, 2.24) is 29.9 Å². The number of hydrogen-bond donors (Lipinski definition) is 7. The van der Waals surface area contributed by atoms with Crippen LogP contribution >= 0.6 is 0 Å². The molecule has 1 unspecified atom stereocenters. The molecule has 7 N–H and O–H groups in total. The number of phenolic OH excluding ortho intramolecular Hbond substituents is 2. The van der Waals surface area contributed by atoms with Crippen molar-refractivity contribution >= 4 is 35.9 Å². The molecule has 2 saturated heterocycles. The van der Waals surface area contributed by atoms with E-state index in [0.717, 1.165) is 12.5 Å². The molecule has 24 heteroatoms. The van der Waals surface area contributed by atoms with Gasteiger partial charge in [-0.15, -0.1) is 5.10 Å². The standard InChI is InChI=1S/C66H78N6O18/c1-35(2)42-29-43(45(75)30-44(42)74)56-68-69-59(81)72(56)41-23-21-38(22-24-41)33-70-25-27-71(28-26-70)61(83)87-52(50(39-17-13-11-14-18-39)67-60(82)90-62(5,6)7)58(80)86-46-32-66(84)55(88-57(79)40-19-15-12-16-20-40)53-64(10,54(78)51(77)49(36(46)3)63(66,8)9)47(76)31-48-65(53,34-85-48)89-37(4)73/h11-24,29-30,35,46-48,50-53,55,74-77,84H,25-28,31-34H2,1-10H3,(H,67,82)(H,69,81)/t46-,47-,48+,50-,51+,52+,53-,55-,64+,65-,66?/m0/s1. The summed E-state index contributed by atoms with van der Waals surface area (Å²) in [6.45, 7) is 16.8. The summed E-state index contributed by atoms with van der Waals surface area (Å²) in [6, 6.07) is 24.1. The van der Waals surface area contributed by atoms with Gasteiger partial charge in [-0.25, -0.2) is 23.7 Å². The monoisotopic (exact) mass is 1240 g/mol. The van der Waals surface area contributed by atoms with Gasteiger partial charge in [0.15, 0.2) is 17.2 Å². The van der Waals surface area contributed by atoms with Crippen LogP contribution in [0.5, 0.6) is 17.5 Å². The topological polar surface area (TPSA) is 328 Å². The van der Waals surface area contributed by atoms with Crippen LogP contribution in [0.1, 0.15) is 121 Å². The average molecular weight is 1240 g/mol. The first-order chi connectivity index (χ1) is 42.4. The Morgan fingerprint density at radius 3 is 2.09 bits per heavy atom. The highest BCUT2D eigenvalue weighted by atomic mass is 16.6. The molecule has 5 aromatic rings. The highest BCUT2D eigenvalue weighted by Crippen LogP contribution is 2.64. The number of ether oxygens (including phenoxy) is 6. The molecule has 10 rings (SSSR count). The van der Waals surface area contributed by atoms with Gasteiger partial charge in [-0.05, 0) is 98.7 Å². The Bertz CT molecular complexity index is 3600. The molecule has 5 aliphatic rings. The number of aliphatic hydroxyl groups excluding tert-OH is 2. The van der Waals surface area contributed by atoms with Gasteiger partial charge in [0.25, 0.3) is 0 Å². The van der Waals surface area contributed by atoms with Gasteiger partial charge in [-0.1, -0.05) is 93.5 Å². The van der Waals surface area contributed by atoms with Gasteiger partial charge in [-0.2, -0.15) is 0 Å². The molecule has 0 spiro atoms. The Morgan fingerprint density at radius 2 is 1.49 bits per heavy atom. The number of benzene rings is 4. The van der Waals surface area contributed by atoms with Crippen LogP contribution in [0.15, 0.2) is 108 Å². The van der Waals surface area contributed by atoms with Crippen molar-refractivity contribution in [2.75, 3.05) is 32.8 Å². The molecule has 1 aromatic heterocycles. The van der Waals surface area contributed by atoms with Gasteiger partial charge >= 0.3 is 36.1 Å². The lowest BCUT2D eigenvalue weighted by molar-refractivity contribution is -0.346. The lowest BCUT2D eigenvalue weighted by Crippen LogP contribution is -2.81. The van der Waals surface area contributed by atoms with Crippen LogP contribution in [-0.2, 0) is 49.3 Å². The van der Waals surface area contributed by atoms with Crippen molar-refractivity contribution in [3.63, 3.8) is 0 Å². The second kappa shape index (κ2) is 24.4. The van der Waals surface area contributed by atoms with Crippen molar-refractivity contribution in [3.05, 3.63) is 130 Å². The lowest BCUT2D eigenvalue weighted by Gasteiger charge is -2.67. The number of Topliss-reactive ketones (excluding diaryl/α,β-unsaturated/α-hetero) is 1. The zero-order chi connectivity index (χ0) is 65.2. The number of nitrogens with one attached hydrogen (secondary N) is 1. The molecule has 11 atom stereocenters. The number of hydrogen-bond acceptors (Lipinski definition) is 21. The Morgan fingerprint density at radius 1 is 0.844 bits per heavy atom. The molecule has 90 heavy (non-hydrogen) atoms. The van der Waals surface area contributed by atoms with Crippen molar-refractivity contribution in [2.45, 2.75) is 154 Å². The fourth-order valence-corrected chi connectivity index (χ4v) is 13.9. The number of aliphatic hydroxyl groups is 3. The summed E-state index contributed by atoms with van der Waals surface area (Å²) in [7, 11) is 0. The van der Waals surface area contributed by atoms with E-state index in [2.05, 4.69) is 20.4 Å². The minimum Gasteiger partial charge on any atom is -0.508 e. The normalized spacial score (nSPS) is 27.1. The molecule has 2 bridgehead atoms. The second-order valence-corrected chi connectivity index (χ2v) is 26.1. The van der Waals surface area contributed by atoms with E-state index in [0.29, 0.717) is 30.9 Å². The Balaban J connectivity index is 0.952. The van der Waals surface area contributed by atoms with E-state index in [1.807, 2.05) is 26.0 Å². The molecule has 0 radical (unpaired) electrons. The maximum absolute atomic E-state index is 15.5. The molecule has 2 amide bonds. The number of rotatable bonds is 14. The number of ketones is 1. The third-order valence-corrected chi connectivity index (χ3v) is 18.7. The van der Waals surface area contributed by atoms with Crippen LogP contribution in [0.3, 0.4) is 0 Å². The third-order valence-electron chi connectivity index (χ3n) is 18.7. The van der Waals surface area contributed by atoms with Gasteiger partial charge in [0.05, 0.1) is 40.9 Å². The predicted molar refractivity (Wildman–Crippen MR) is 321 cm³/mol. The first-order valence-corrected chi connectivity index (χ1v) is 30.0. The number of fused-ring (bicyclic) bond motifs is 5. The number of amides is 2. The van der Waals surface area contributed by atoms with E-state index in [-0.39, 0.29) is 77.2 Å². The quantitative estimate of drug-likeness (QED) is 0.0345. The fourth-order valence-electron chi connectivity index (χ4n) is 13.9. The predicted octanol–water partition coefficient (Wildman–Crippen LogP) is 6.71. The number of aromatic hydroxyl groups is 3. The molecule has 3 heterocycles. The fraction of sp³-hybridized carbons (Fsp3) is 0.485. The molecular weight excluding hydrogens is 1160 g/mol. The number of esters is 3. The van der Waals surface area contributed by atoms with Crippen molar-refractivity contribution < 1.29 is 87.8 Å². The SMILES string of the molecule is CC(=O)O[C@@]12CO[C@@H]1C[C@H](O)[C@@]1(C)C(=O)[C@H](O)C3=C(C)[C@@H](OC(=O)[C@H](OC(=O)N4CCN(Cc5ccc(-n6c(O)nnc6-c6cc(C(C)C)c(O)cc6O)cc5)CC4)[C@@H](NC(=O)OC(C)(C)C)c4ccccc4)CC(O)([C@@H](OC(=O)c4ccccc4)[C@H]21)C3(C)C. The second-order valence-electron chi connectivity index (χ2n) is 26.1. The lowest BCUT2D eigenvalue weighted by atomic mass is 9.44. The Kier molecular flexibility index (Phi) is 17.5. The number of carbonyl (C=O) groups excluding carboxylic acids is 6. The third kappa shape index (κ3) is 11.7. The molecule has 24 nitrogen and oxygen atoms in total. The maximum atomic E-state index is 15.5. The summed E-state index contributed by atoms with van der Waals surface area (Å²) in [5, 5.41) is 81.6. The Labute approximate surface area is 520 Å². The maximum Gasteiger partial charge on any atom is 0.410 e. The summed E-state index contributed by atoms with van der Waals surface area (Å²) in [5.74, 6) is -5.86. The van der Waals surface area contributed by atoms with E-state index in [1.165, 1.54) is 55.4 Å². The summed E-state index contributed by atoms with van der Waals surface area (Å²) in [4.78, 5) is 90.7. The zero-order valence-corrected chi connectivity index (χ0v) is 51.9. The highest BCUT2D eigenvalue weighted by Gasteiger charge is 2.78. The summed E-state index contributed by atoms with van der Waals surface area (Å²) in [6.07, 6.45) is -13.1. The van der Waals surface area contributed by atoms with E-state index in [1.54, 1.807) is 87.5 Å². The number of alkyl carbamates (subject to hydrolysis) is 1. The summed E-state index contributed by atoms with van der Waals surface area (Å²) >= 11 is 0. The van der Waals surface area contributed by atoms with Gasteiger partial charge < -0.3 is 69.3 Å². The van der Waals surface area contributed by atoms with Crippen molar-refractivity contribution in [3.8, 4) is 34.6 Å². The van der Waals surface area contributed by atoms with Crippen LogP contribution in [-0.4, -0.2) is 177 Å². The van der Waals surface area contributed by atoms with E-state index < -0.39 is 125 Å². The van der Waals surface area contributed by atoms with E-state index >= 15 is 9.59 Å². The minimum absolute atomic E-state index is 0.0401. The molecule has 2 saturated carbocycles. The largest absolute Gasteiger partial charge is 0.508 e. The molecular formula is C66H78N6O18. The zero-order valence-electron chi connectivity index (χ0n) is 51.9. The van der Waals surface area contributed by atoms with Gasteiger partial charge in [0.1, 0.15) is 53.2 Å². The number of piperazine rings is 1. The van der Waals surface area contributed by atoms with Crippen molar-refractivity contribution in [2.24, 2.45) is 16.7 Å². The first-order valence-electron chi connectivity index (χ1n) is 30.0. The van der Waals surface area contributed by atoms with Crippen LogP contribution in [0.25, 0.3) is 17.1 Å². The van der Waals surface area contributed by atoms with Crippen LogP contribution in [0, 0.1) is 16.7 Å². The molecule has 4 fully saturated rings. The number of carbonyl (C=O) groups is 6. The average Bonchev–Trinajstić information content (AvgIpc) is 0.733. The first kappa shape index (κ1) is 64.6. The van der Waals surface area contributed by atoms with Gasteiger partial charge in [-0.3, -0.25) is 14.5 Å². The van der Waals surface area contributed by atoms with E-state index in [9.17, 15) is 49.8 Å². The Hall–Kier alpha value is -8.42.